The Hall–Kier alpha value is -2.86. The van der Waals surface area contributed by atoms with Gasteiger partial charge in [-0.1, -0.05) is 24.3 Å². The Labute approximate surface area is 153 Å². The van der Waals surface area contributed by atoms with Gasteiger partial charge in [0.2, 0.25) is 5.91 Å². The van der Waals surface area contributed by atoms with E-state index in [1.807, 2.05) is 5.38 Å². The Kier molecular flexibility index (Phi) is 4.12. The third-order valence-electron chi connectivity index (χ3n) is 4.56. The summed E-state index contributed by atoms with van der Waals surface area (Å²) in [5.74, 6) is -0.198. The summed E-state index contributed by atoms with van der Waals surface area (Å²) in [6.07, 6.45) is 0.290. The number of carbonyl (C=O) groups excluding carboxylic acids is 1. The van der Waals surface area contributed by atoms with Crippen LogP contribution >= 0.6 is 11.3 Å². The summed E-state index contributed by atoms with van der Waals surface area (Å²) < 4.78 is 19.4. The first-order valence-electron chi connectivity index (χ1n) is 8.11. The molecule has 2 heterocycles. The molecule has 4 nitrogen and oxygen atoms in total. The zero-order valence-electron chi connectivity index (χ0n) is 14.0. The molecule has 1 aromatic heterocycles. The molecule has 0 fully saturated rings. The highest BCUT2D eigenvalue weighted by molar-refractivity contribution is 7.11. The van der Waals surface area contributed by atoms with Gasteiger partial charge in [-0.05, 0) is 23.8 Å². The van der Waals surface area contributed by atoms with E-state index in [1.165, 1.54) is 24.5 Å². The van der Waals surface area contributed by atoms with E-state index in [9.17, 15) is 14.3 Å². The lowest BCUT2D eigenvalue weighted by Crippen LogP contribution is -2.22. The molecule has 2 N–H and O–H groups in total. The SMILES string of the molecule is COc1cc([C@H]2CC(=O)Nc3c(-c4ccccc4F)csc32)ccc1O. The second-order valence-electron chi connectivity index (χ2n) is 6.10. The Balaban J connectivity index is 1.83. The number of nitrogens with one attached hydrogen (secondary N) is 1. The highest BCUT2D eigenvalue weighted by Crippen LogP contribution is 2.47. The molecule has 6 heteroatoms. The zero-order chi connectivity index (χ0) is 18.3. The van der Waals surface area contributed by atoms with E-state index < -0.39 is 0 Å². The average molecular weight is 369 g/mol. The Morgan fingerprint density at radius 2 is 2.04 bits per heavy atom. The molecule has 0 spiro atoms. The Morgan fingerprint density at radius 3 is 2.81 bits per heavy atom. The molecular weight excluding hydrogens is 353 g/mol. The van der Waals surface area contributed by atoms with Gasteiger partial charge in [0.05, 0.1) is 12.8 Å². The number of anilines is 1. The van der Waals surface area contributed by atoms with E-state index in [0.29, 0.717) is 22.6 Å². The van der Waals surface area contributed by atoms with Gasteiger partial charge in [0.15, 0.2) is 11.5 Å². The number of phenols is 1. The summed E-state index contributed by atoms with van der Waals surface area (Å²) in [5, 5.41) is 14.6. The van der Waals surface area contributed by atoms with Crippen molar-refractivity contribution < 1.29 is 19.0 Å². The van der Waals surface area contributed by atoms with Gasteiger partial charge in [-0.15, -0.1) is 11.3 Å². The minimum Gasteiger partial charge on any atom is -0.504 e. The zero-order valence-corrected chi connectivity index (χ0v) is 14.8. The van der Waals surface area contributed by atoms with Crippen LogP contribution in [0.5, 0.6) is 11.5 Å². The van der Waals surface area contributed by atoms with E-state index >= 15 is 0 Å². The van der Waals surface area contributed by atoms with Crippen molar-refractivity contribution in [1.29, 1.82) is 0 Å². The number of rotatable bonds is 3. The standard InChI is InChI=1S/C20H16FNO3S/c1-25-17-8-11(6-7-16(17)23)13-9-18(24)22-19-14(10-26-20(13)19)12-4-2-3-5-15(12)21/h2-8,10,13,23H,9H2,1H3,(H,22,24)/t13-/m1/s1. The first-order valence-corrected chi connectivity index (χ1v) is 8.99. The van der Waals surface area contributed by atoms with Crippen molar-refractivity contribution >= 4 is 22.9 Å². The van der Waals surface area contributed by atoms with Crippen molar-refractivity contribution in [2.24, 2.45) is 0 Å². The number of halogens is 1. The number of thiophene rings is 1. The van der Waals surface area contributed by atoms with Crippen molar-refractivity contribution in [3.63, 3.8) is 0 Å². The van der Waals surface area contributed by atoms with Crippen LogP contribution in [0.25, 0.3) is 11.1 Å². The average Bonchev–Trinajstić information content (AvgIpc) is 3.05. The van der Waals surface area contributed by atoms with Crippen LogP contribution in [0.1, 0.15) is 22.8 Å². The van der Waals surface area contributed by atoms with Gasteiger partial charge in [0.1, 0.15) is 5.82 Å². The third kappa shape index (κ3) is 2.72. The summed E-state index contributed by atoms with van der Waals surface area (Å²) in [7, 11) is 1.49. The predicted molar refractivity (Wildman–Crippen MR) is 99.5 cm³/mol. The van der Waals surface area contributed by atoms with Crippen LogP contribution in [0, 0.1) is 5.82 Å². The lowest BCUT2D eigenvalue weighted by Gasteiger charge is -2.24. The number of hydrogen-bond donors (Lipinski definition) is 2. The molecule has 0 bridgehead atoms. The maximum atomic E-state index is 14.2. The van der Waals surface area contributed by atoms with Crippen LogP contribution in [0.2, 0.25) is 0 Å². The summed E-state index contributed by atoms with van der Waals surface area (Å²) in [6, 6.07) is 11.6. The van der Waals surface area contributed by atoms with Crippen molar-refractivity contribution in [1.82, 2.24) is 0 Å². The van der Waals surface area contributed by atoms with Gasteiger partial charge >= 0.3 is 0 Å². The minimum atomic E-state index is -0.323. The van der Waals surface area contributed by atoms with Gasteiger partial charge in [0.25, 0.3) is 0 Å². The minimum absolute atomic E-state index is 0.0509. The van der Waals surface area contributed by atoms with Crippen molar-refractivity contribution in [3.8, 4) is 22.6 Å². The first-order chi connectivity index (χ1) is 12.6. The smallest absolute Gasteiger partial charge is 0.225 e. The molecular formula is C20H16FNO3S. The van der Waals surface area contributed by atoms with Gasteiger partial charge in [-0.3, -0.25) is 4.79 Å². The molecule has 0 aliphatic carbocycles. The lowest BCUT2D eigenvalue weighted by atomic mass is 9.89. The molecule has 1 atom stereocenters. The van der Waals surface area contributed by atoms with E-state index in [0.717, 1.165) is 10.4 Å². The van der Waals surface area contributed by atoms with Crippen molar-refractivity contribution in [2.45, 2.75) is 12.3 Å². The number of fused-ring (bicyclic) bond motifs is 1. The maximum absolute atomic E-state index is 14.2. The number of aromatic hydroxyl groups is 1. The monoisotopic (exact) mass is 369 g/mol. The fourth-order valence-corrected chi connectivity index (χ4v) is 4.44. The maximum Gasteiger partial charge on any atom is 0.225 e. The van der Waals surface area contributed by atoms with E-state index in [4.69, 9.17) is 4.74 Å². The number of amides is 1. The number of benzene rings is 2. The normalized spacial score (nSPS) is 16.1. The number of phenolic OH excluding ortho intramolecular Hbond substituents is 1. The van der Waals surface area contributed by atoms with E-state index in [1.54, 1.807) is 36.4 Å². The van der Waals surface area contributed by atoms with Gasteiger partial charge in [-0.2, -0.15) is 0 Å². The second kappa shape index (κ2) is 6.46. The number of methoxy groups -OCH3 is 1. The molecule has 0 saturated heterocycles. The lowest BCUT2D eigenvalue weighted by molar-refractivity contribution is -0.116. The van der Waals surface area contributed by atoms with Gasteiger partial charge < -0.3 is 15.2 Å². The summed E-state index contributed by atoms with van der Waals surface area (Å²) in [6.45, 7) is 0. The molecule has 1 aliphatic rings. The van der Waals surface area contributed by atoms with Crippen LogP contribution in [0.3, 0.4) is 0 Å². The molecule has 0 unspecified atom stereocenters. The van der Waals surface area contributed by atoms with Crippen LogP contribution in [-0.4, -0.2) is 18.1 Å². The predicted octanol–water partition coefficient (Wildman–Crippen LogP) is 4.74. The molecule has 3 aromatic rings. The van der Waals surface area contributed by atoms with E-state index in [-0.39, 0.29) is 29.8 Å². The molecule has 0 radical (unpaired) electrons. The second-order valence-corrected chi connectivity index (χ2v) is 7.02. The molecule has 0 saturated carbocycles. The molecule has 1 aliphatic heterocycles. The topological polar surface area (TPSA) is 58.6 Å². The van der Waals surface area contributed by atoms with Crippen LogP contribution in [-0.2, 0) is 4.79 Å². The molecule has 2 aromatic carbocycles. The first kappa shape index (κ1) is 16.6. The van der Waals surface area contributed by atoms with Crippen molar-refractivity contribution in [3.05, 3.63) is 64.1 Å². The Bertz CT molecular complexity index is 998. The van der Waals surface area contributed by atoms with Crippen LogP contribution < -0.4 is 10.1 Å². The fourth-order valence-electron chi connectivity index (χ4n) is 3.28. The van der Waals surface area contributed by atoms with Crippen LogP contribution in [0.4, 0.5) is 10.1 Å². The number of carbonyl (C=O) groups is 1. The highest BCUT2D eigenvalue weighted by atomic mass is 32.1. The summed E-state index contributed by atoms with van der Waals surface area (Å²) in [5.41, 5.74) is 2.69. The fraction of sp³-hybridized carbons (Fsp3) is 0.150. The summed E-state index contributed by atoms with van der Waals surface area (Å²) >= 11 is 1.49. The van der Waals surface area contributed by atoms with Gasteiger partial charge in [-0.25, -0.2) is 4.39 Å². The number of ether oxygens (including phenoxy) is 1. The molecule has 4 rings (SSSR count). The molecule has 26 heavy (non-hydrogen) atoms. The van der Waals surface area contributed by atoms with Crippen LogP contribution in [0.15, 0.2) is 47.8 Å². The highest BCUT2D eigenvalue weighted by Gasteiger charge is 2.31. The molecule has 1 amide bonds. The van der Waals surface area contributed by atoms with Crippen molar-refractivity contribution in [2.75, 3.05) is 12.4 Å². The van der Waals surface area contributed by atoms with E-state index in [2.05, 4.69) is 5.32 Å². The third-order valence-corrected chi connectivity index (χ3v) is 5.66. The number of hydrogen-bond acceptors (Lipinski definition) is 4. The summed E-state index contributed by atoms with van der Waals surface area (Å²) in [4.78, 5) is 13.3. The Morgan fingerprint density at radius 1 is 1.23 bits per heavy atom. The van der Waals surface area contributed by atoms with Gasteiger partial charge in [0, 0.05) is 33.7 Å². The molecule has 132 valence electrons. The largest absolute Gasteiger partial charge is 0.504 e. The quantitative estimate of drug-likeness (QED) is 0.701.